The van der Waals surface area contributed by atoms with Gasteiger partial charge in [0.25, 0.3) is 0 Å². The highest BCUT2D eigenvalue weighted by Crippen LogP contribution is 2.29. The summed E-state index contributed by atoms with van der Waals surface area (Å²) < 4.78 is 0. The molecule has 1 N–H and O–H groups in total. The third kappa shape index (κ3) is 3.65. The third-order valence-electron chi connectivity index (χ3n) is 4.18. The molecule has 0 saturated heterocycles. The van der Waals surface area contributed by atoms with E-state index < -0.39 is 0 Å². The number of aromatic amines is 1. The Balaban J connectivity index is 1.59. The number of hydrogen-bond donors (Lipinski definition) is 1. The first-order valence-electron chi connectivity index (χ1n) is 7.91. The van der Waals surface area contributed by atoms with Crippen LogP contribution in [0.1, 0.15) is 35.8 Å². The van der Waals surface area contributed by atoms with Crippen molar-refractivity contribution in [1.29, 1.82) is 0 Å². The fourth-order valence-electron chi connectivity index (χ4n) is 2.48. The van der Waals surface area contributed by atoms with Crippen molar-refractivity contribution in [3.63, 3.8) is 0 Å². The predicted octanol–water partition coefficient (Wildman–Crippen LogP) is 4.64. The van der Waals surface area contributed by atoms with E-state index >= 15 is 0 Å². The second-order valence-corrected chi connectivity index (χ2v) is 8.10. The van der Waals surface area contributed by atoms with E-state index in [9.17, 15) is 4.79 Å². The van der Waals surface area contributed by atoms with E-state index in [0.29, 0.717) is 5.75 Å². The number of benzene rings is 1. The molecule has 0 spiro atoms. The molecular weight excluding hydrogens is 338 g/mol. The minimum absolute atomic E-state index is 0.111. The number of imidazole rings is 1. The average molecular weight is 360 g/mol. The first-order valence-corrected chi connectivity index (χ1v) is 9.84. The van der Waals surface area contributed by atoms with Crippen LogP contribution in [0.4, 0.5) is 0 Å². The number of rotatable bonds is 6. The largest absolute Gasteiger partial charge is 0.341 e. The molecule has 1 aromatic carbocycles. The number of H-pyrrole nitrogens is 1. The molecule has 0 saturated carbocycles. The summed E-state index contributed by atoms with van der Waals surface area (Å²) in [7, 11) is 1.87. The lowest BCUT2D eigenvalue weighted by Gasteiger charge is -2.24. The van der Waals surface area contributed by atoms with Crippen LogP contribution in [-0.4, -0.2) is 33.6 Å². The Kier molecular flexibility index (Phi) is 5.26. The zero-order valence-corrected chi connectivity index (χ0v) is 15.7. The van der Waals surface area contributed by atoms with Gasteiger partial charge in [-0.25, -0.2) is 4.98 Å². The van der Waals surface area contributed by atoms with Crippen LogP contribution in [0.5, 0.6) is 0 Å². The number of hydrogen-bond acceptors (Lipinski definition) is 4. The number of carbonyl (C=O) groups is 1. The van der Waals surface area contributed by atoms with Crippen molar-refractivity contribution in [1.82, 2.24) is 14.9 Å². The predicted molar refractivity (Wildman–Crippen MR) is 102 cm³/mol. The zero-order valence-electron chi connectivity index (χ0n) is 14.0. The molecule has 4 nitrogen and oxygen atoms in total. The van der Waals surface area contributed by atoms with Crippen molar-refractivity contribution in [3.8, 4) is 0 Å². The Morgan fingerprint density at radius 2 is 2.08 bits per heavy atom. The number of thiophene rings is 1. The van der Waals surface area contributed by atoms with Crippen molar-refractivity contribution < 1.29 is 4.79 Å². The molecule has 3 aromatic rings. The van der Waals surface area contributed by atoms with Crippen LogP contribution in [0, 0.1) is 0 Å². The van der Waals surface area contributed by atoms with Crippen LogP contribution in [0.15, 0.2) is 41.8 Å². The van der Waals surface area contributed by atoms with Crippen LogP contribution in [0.25, 0.3) is 11.0 Å². The molecule has 6 heteroatoms. The van der Waals surface area contributed by atoms with E-state index in [2.05, 4.69) is 29.9 Å². The lowest BCUT2D eigenvalue weighted by atomic mass is 10.2. The Morgan fingerprint density at radius 3 is 2.79 bits per heavy atom. The average Bonchev–Trinajstić information content (AvgIpc) is 3.26. The highest BCUT2D eigenvalue weighted by molar-refractivity contribution is 8.00. The summed E-state index contributed by atoms with van der Waals surface area (Å²) in [6, 6.07) is 12.2. The smallest absolute Gasteiger partial charge is 0.232 e. The molecule has 0 aliphatic rings. The SMILES string of the molecule is CC(SCC(=O)N(C)C(C)c1cccs1)c1nc2ccccc2[nH]1. The third-order valence-corrected chi connectivity index (χ3v) is 6.36. The van der Waals surface area contributed by atoms with Gasteiger partial charge in [0.2, 0.25) is 5.91 Å². The maximum Gasteiger partial charge on any atom is 0.232 e. The summed E-state index contributed by atoms with van der Waals surface area (Å²) in [5, 5.41) is 2.19. The Bertz CT molecular complexity index is 780. The van der Waals surface area contributed by atoms with Gasteiger partial charge >= 0.3 is 0 Å². The molecule has 0 bridgehead atoms. The Labute approximate surface area is 150 Å². The van der Waals surface area contributed by atoms with Gasteiger partial charge in [0, 0.05) is 11.9 Å². The van der Waals surface area contributed by atoms with E-state index in [-0.39, 0.29) is 17.2 Å². The van der Waals surface area contributed by atoms with Gasteiger partial charge in [-0.1, -0.05) is 18.2 Å². The van der Waals surface area contributed by atoms with Gasteiger partial charge < -0.3 is 9.88 Å². The lowest BCUT2D eigenvalue weighted by Crippen LogP contribution is -2.30. The number of aromatic nitrogens is 2. The molecule has 2 unspecified atom stereocenters. The summed E-state index contributed by atoms with van der Waals surface area (Å²) >= 11 is 3.30. The number of nitrogens with zero attached hydrogens (tertiary/aromatic N) is 2. The fourth-order valence-corrected chi connectivity index (χ4v) is 4.17. The van der Waals surface area contributed by atoms with E-state index in [0.717, 1.165) is 16.9 Å². The van der Waals surface area contributed by atoms with Gasteiger partial charge in [0.1, 0.15) is 5.82 Å². The van der Waals surface area contributed by atoms with Crippen molar-refractivity contribution >= 4 is 40.0 Å². The summed E-state index contributed by atoms with van der Waals surface area (Å²) in [6.07, 6.45) is 0. The van der Waals surface area contributed by atoms with Crippen molar-refractivity contribution in [2.45, 2.75) is 25.1 Å². The lowest BCUT2D eigenvalue weighted by molar-refractivity contribution is -0.128. The van der Waals surface area contributed by atoms with Gasteiger partial charge in [-0.15, -0.1) is 23.1 Å². The summed E-state index contributed by atoms with van der Waals surface area (Å²) in [4.78, 5) is 23.4. The number of nitrogens with one attached hydrogen (secondary N) is 1. The minimum Gasteiger partial charge on any atom is -0.341 e. The minimum atomic E-state index is 0.111. The molecule has 0 aliphatic carbocycles. The van der Waals surface area contributed by atoms with Gasteiger partial charge in [-0.3, -0.25) is 4.79 Å². The van der Waals surface area contributed by atoms with Crippen molar-refractivity contribution in [3.05, 3.63) is 52.5 Å². The number of carbonyl (C=O) groups excluding carboxylic acids is 1. The van der Waals surface area contributed by atoms with E-state index in [1.807, 2.05) is 47.7 Å². The second kappa shape index (κ2) is 7.40. The molecule has 24 heavy (non-hydrogen) atoms. The maximum atomic E-state index is 12.5. The zero-order chi connectivity index (χ0) is 17.1. The summed E-state index contributed by atoms with van der Waals surface area (Å²) in [5.74, 6) is 1.51. The summed E-state index contributed by atoms with van der Waals surface area (Å²) in [5.41, 5.74) is 2.00. The molecule has 3 rings (SSSR count). The van der Waals surface area contributed by atoms with Gasteiger partial charge in [0.15, 0.2) is 0 Å². The molecule has 2 heterocycles. The molecule has 2 aromatic heterocycles. The normalized spacial score (nSPS) is 13.8. The van der Waals surface area contributed by atoms with E-state index in [1.165, 1.54) is 4.88 Å². The standard InChI is InChI=1S/C18H21N3OS2/c1-12(16-9-6-10-23-16)21(3)17(22)11-24-13(2)18-19-14-7-4-5-8-15(14)20-18/h4-10,12-13H,11H2,1-3H3,(H,19,20). The van der Waals surface area contributed by atoms with Crippen LogP contribution in [0.3, 0.4) is 0 Å². The van der Waals surface area contributed by atoms with Crippen LogP contribution in [0.2, 0.25) is 0 Å². The van der Waals surface area contributed by atoms with Crippen LogP contribution in [-0.2, 0) is 4.79 Å². The second-order valence-electron chi connectivity index (χ2n) is 5.79. The number of fused-ring (bicyclic) bond motifs is 1. The molecule has 2 atom stereocenters. The van der Waals surface area contributed by atoms with E-state index in [1.54, 1.807) is 23.1 Å². The van der Waals surface area contributed by atoms with E-state index in [4.69, 9.17) is 0 Å². The first-order chi connectivity index (χ1) is 11.6. The highest BCUT2D eigenvalue weighted by Gasteiger charge is 2.20. The van der Waals surface area contributed by atoms with Gasteiger partial charge in [0.05, 0.1) is 28.1 Å². The first kappa shape index (κ1) is 17.0. The summed E-state index contributed by atoms with van der Waals surface area (Å²) in [6.45, 7) is 4.15. The van der Waals surface area contributed by atoms with Gasteiger partial charge in [-0.05, 0) is 37.4 Å². The van der Waals surface area contributed by atoms with Crippen molar-refractivity contribution in [2.75, 3.05) is 12.8 Å². The van der Waals surface area contributed by atoms with Crippen LogP contribution < -0.4 is 0 Å². The number of amides is 1. The molecule has 0 aliphatic heterocycles. The van der Waals surface area contributed by atoms with Crippen molar-refractivity contribution in [2.24, 2.45) is 0 Å². The molecule has 0 fully saturated rings. The fraction of sp³-hybridized carbons (Fsp3) is 0.333. The van der Waals surface area contributed by atoms with Gasteiger partial charge in [-0.2, -0.15) is 0 Å². The van der Waals surface area contributed by atoms with Crippen LogP contribution >= 0.6 is 23.1 Å². The monoisotopic (exact) mass is 359 g/mol. The Morgan fingerprint density at radius 1 is 1.29 bits per heavy atom. The maximum absolute atomic E-state index is 12.5. The molecular formula is C18H21N3OS2. The number of thioether (sulfide) groups is 1. The quantitative estimate of drug-likeness (QED) is 0.697. The molecule has 1 amide bonds. The molecule has 126 valence electrons. The topological polar surface area (TPSA) is 49.0 Å². The number of para-hydroxylation sites is 2. The highest BCUT2D eigenvalue weighted by atomic mass is 32.2. The Hall–Kier alpha value is -1.79. The molecule has 0 radical (unpaired) electrons.